The average molecular weight is 289 g/mol. The van der Waals surface area contributed by atoms with Crippen LogP contribution < -0.4 is 5.73 Å². The number of nitrogens with two attached hydrogens (primary N) is 1. The molecule has 2 nitrogen and oxygen atoms in total. The van der Waals surface area contributed by atoms with Crippen molar-refractivity contribution in [3.63, 3.8) is 0 Å². The van der Waals surface area contributed by atoms with E-state index in [1.165, 1.54) is 18.2 Å². The van der Waals surface area contributed by atoms with Gasteiger partial charge in [-0.3, -0.25) is 4.90 Å². The molecule has 1 heterocycles. The van der Waals surface area contributed by atoms with Crippen LogP contribution >= 0.6 is 23.4 Å². The maximum Gasteiger partial charge on any atom is 0.141 e. The van der Waals surface area contributed by atoms with Gasteiger partial charge in [-0.2, -0.15) is 11.8 Å². The summed E-state index contributed by atoms with van der Waals surface area (Å²) in [4.78, 5) is 2.38. The molecule has 0 spiro atoms. The molecule has 100 valence electrons. The SMILES string of the molecule is NCC(c1ccc(F)c(Cl)c1)N1CCCSCC1. The third kappa shape index (κ3) is 3.38. The summed E-state index contributed by atoms with van der Waals surface area (Å²) < 4.78 is 13.2. The number of hydrogen-bond donors (Lipinski definition) is 1. The van der Waals surface area contributed by atoms with Crippen molar-refractivity contribution >= 4 is 23.4 Å². The van der Waals surface area contributed by atoms with Crippen LogP contribution in [0.5, 0.6) is 0 Å². The van der Waals surface area contributed by atoms with Gasteiger partial charge >= 0.3 is 0 Å². The van der Waals surface area contributed by atoms with Crippen molar-refractivity contribution in [2.45, 2.75) is 12.5 Å². The smallest absolute Gasteiger partial charge is 0.141 e. The van der Waals surface area contributed by atoms with Gasteiger partial charge in [-0.05, 0) is 36.4 Å². The van der Waals surface area contributed by atoms with Crippen molar-refractivity contribution in [3.8, 4) is 0 Å². The van der Waals surface area contributed by atoms with Gasteiger partial charge in [-0.25, -0.2) is 4.39 Å². The van der Waals surface area contributed by atoms with Gasteiger partial charge in [0.1, 0.15) is 5.82 Å². The molecule has 1 fully saturated rings. The molecule has 1 aliphatic heterocycles. The van der Waals surface area contributed by atoms with Crippen molar-refractivity contribution < 1.29 is 4.39 Å². The molecule has 2 rings (SSSR count). The highest BCUT2D eigenvalue weighted by Crippen LogP contribution is 2.26. The number of rotatable bonds is 3. The van der Waals surface area contributed by atoms with E-state index in [2.05, 4.69) is 4.90 Å². The Bertz CT molecular complexity index is 395. The van der Waals surface area contributed by atoms with E-state index in [4.69, 9.17) is 17.3 Å². The van der Waals surface area contributed by atoms with Gasteiger partial charge in [0.2, 0.25) is 0 Å². The predicted molar refractivity (Wildman–Crippen MR) is 76.7 cm³/mol. The van der Waals surface area contributed by atoms with Crippen LogP contribution in [0.2, 0.25) is 5.02 Å². The molecule has 1 atom stereocenters. The number of halogens is 2. The Balaban J connectivity index is 2.17. The van der Waals surface area contributed by atoms with Gasteiger partial charge < -0.3 is 5.73 Å². The summed E-state index contributed by atoms with van der Waals surface area (Å²) in [6.45, 7) is 2.61. The van der Waals surface area contributed by atoms with Crippen LogP contribution in [-0.4, -0.2) is 36.0 Å². The molecule has 0 aromatic heterocycles. The molecule has 0 bridgehead atoms. The van der Waals surface area contributed by atoms with Crippen molar-refractivity contribution in [2.75, 3.05) is 31.1 Å². The summed E-state index contributed by atoms with van der Waals surface area (Å²) in [6, 6.07) is 5.05. The van der Waals surface area contributed by atoms with E-state index in [0.29, 0.717) is 6.54 Å². The average Bonchev–Trinajstić information content (AvgIpc) is 2.64. The molecule has 0 radical (unpaired) electrons. The van der Waals surface area contributed by atoms with E-state index in [1.54, 1.807) is 12.1 Å². The first-order valence-corrected chi connectivity index (χ1v) is 7.72. The molecule has 1 aliphatic rings. The second-order valence-electron chi connectivity index (χ2n) is 4.43. The van der Waals surface area contributed by atoms with Crippen molar-refractivity contribution in [1.82, 2.24) is 4.90 Å². The normalized spacial score (nSPS) is 19.5. The lowest BCUT2D eigenvalue weighted by atomic mass is 10.0. The molecular formula is C13H18ClFN2S. The molecule has 0 saturated carbocycles. The third-order valence-electron chi connectivity index (χ3n) is 3.25. The second kappa shape index (κ2) is 6.75. The fourth-order valence-corrected chi connectivity index (χ4v) is 3.38. The highest BCUT2D eigenvalue weighted by molar-refractivity contribution is 7.99. The van der Waals surface area contributed by atoms with Gasteiger partial charge in [0, 0.05) is 24.9 Å². The fourth-order valence-electron chi connectivity index (χ4n) is 2.29. The highest BCUT2D eigenvalue weighted by atomic mass is 35.5. The highest BCUT2D eigenvalue weighted by Gasteiger charge is 2.20. The van der Waals surface area contributed by atoms with Crippen LogP contribution in [0.25, 0.3) is 0 Å². The largest absolute Gasteiger partial charge is 0.329 e. The lowest BCUT2D eigenvalue weighted by Gasteiger charge is -2.29. The van der Waals surface area contributed by atoms with Gasteiger partial charge in [-0.1, -0.05) is 17.7 Å². The van der Waals surface area contributed by atoms with Crippen LogP contribution in [0.1, 0.15) is 18.0 Å². The summed E-state index contributed by atoms with van der Waals surface area (Å²) in [7, 11) is 0. The molecule has 1 unspecified atom stereocenters. The lowest BCUT2D eigenvalue weighted by Crippen LogP contribution is -2.35. The first kappa shape index (κ1) is 14.1. The lowest BCUT2D eigenvalue weighted by molar-refractivity contribution is 0.218. The van der Waals surface area contributed by atoms with Crippen molar-refractivity contribution in [3.05, 3.63) is 34.6 Å². The van der Waals surface area contributed by atoms with Crippen LogP contribution in [0.15, 0.2) is 18.2 Å². The quantitative estimate of drug-likeness (QED) is 0.927. The molecule has 18 heavy (non-hydrogen) atoms. The number of thioether (sulfide) groups is 1. The first-order chi connectivity index (χ1) is 8.72. The van der Waals surface area contributed by atoms with E-state index >= 15 is 0 Å². The standard InChI is InChI=1S/C13H18ClFN2S/c14-11-8-10(2-3-12(11)15)13(9-16)17-4-1-6-18-7-5-17/h2-3,8,13H,1,4-7,9,16H2. The van der Waals surface area contributed by atoms with Gasteiger partial charge in [0.15, 0.2) is 0 Å². The summed E-state index contributed by atoms with van der Waals surface area (Å²) in [5.74, 6) is 1.96. The minimum Gasteiger partial charge on any atom is -0.329 e. The number of benzene rings is 1. The van der Waals surface area contributed by atoms with E-state index in [1.807, 2.05) is 11.8 Å². The summed E-state index contributed by atoms with van der Waals surface area (Å²) >= 11 is 7.83. The van der Waals surface area contributed by atoms with Gasteiger partial charge in [0.25, 0.3) is 0 Å². The maximum absolute atomic E-state index is 13.2. The van der Waals surface area contributed by atoms with E-state index in [0.717, 1.165) is 24.4 Å². The van der Waals surface area contributed by atoms with Crippen LogP contribution in [0, 0.1) is 5.82 Å². The minimum atomic E-state index is -0.373. The third-order valence-corrected chi connectivity index (χ3v) is 4.59. The molecule has 0 amide bonds. The molecule has 5 heteroatoms. The molecule has 0 aliphatic carbocycles. The van der Waals surface area contributed by atoms with Crippen LogP contribution in [-0.2, 0) is 0 Å². The Hall–Kier alpha value is -0.290. The second-order valence-corrected chi connectivity index (χ2v) is 6.06. The van der Waals surface area contributed by atoms with Gasteiger partial charge in [0.05, 0.1) is 5.02 Å². The first-order valence-electron chi connectivity index (χ1n) is 6.19. The minimum absolute atomic E-state index is 0.141. The Kier molecular flexibility index (Phi) is 5.30. The van der Waals surface area contributed by atoms with E-state index in [9.17, 15) is 4.39 Å². The Morgan fingerprint density at radius 2 is 2.22 bits per heavy atom. The number of hydrogen-bond acceptors (Lipinski definition) is 3. The Morgan fingerprint density at radius 1 is 1.39 bits per heavy atom. The monoisotopic (exact) mass is 288 g/mol. The maximum atomic E-state index is 13.2. The number of nitrogens with zero attached hydrogens (tertiary/aromatic N) is 1. The summed E-state index contributed by atoms with van der Waals surface area (Å²) in [5, 5.41) is 0.176. The van der Waals surface area contributed by atoms with Crippen molar-refractivity contribution in [2.24, 2.45) is 5.73 Å². The van der Waals surface area contributed by atoms with E-state index < -0.39 is 0 Å². The summed E-state index contributed by atoms with van der Waals surface area (Å²) in [5.41, 5.74) is 6.90. The topological polar surface area (TPSA) is 29.3 Å². The molecule has 1 saturated heterocycles. The molecular weight excluding hydrogens is 271 g/mol. The fraction of sp³-hybridized carbons (Fsp3) is 0.538. The molecule has 2 N–H and O–H groups in total. The molecule has 1 aromatic rings. The summed E-state index contributed by atoms with van der Waals surface area (Å²) in [6.07, 6.45) is 1.18. The molecule has 1 aromatic carbocycles. The zero-order valence-electron chi connectivity index (χ0n) is 10.2. The Labute approximate surface area is 117 Å². The zero-order chi connectivity index (χ0) is 13.0. The van der Waals surface area contributed by atoms with Crippen LogP contribution in [0.3, 0.4) is 0 Å². The van der Waals surface area contributed by atoms with Gasteiger partial charge in [-0.15, -0.1) is 0 Å². The zero-order valence-corrected chi connectivity index (χ0v) is 11.8. The Morgan fingerprint density at radius 3 is 2.94 bits per heavy atom. The predicted octanol–water partition coefficient (Wildman–Crippen LogP) is 2.92. The van der Waals surface area contributed by atoms with E-state index in [-0.39, 0.29) is 16.9 Å². The van der Waals surface area contributed by atoms with Crippen molar-refractivity contribution in [1.29, 1.82) is 0 Å². The van der Waals surface area contributed by atoms with Crippen LogP contribution in [0.4, 0.5) is 4.39 Å².